The second-order valence-electron chi connectivity index (χ2n) is 3.71. The molecule has 0 saturated carbocycles. The van der Waals surface area contributed by atoms with Crippen LogP contribution in [0.15, 0.2) is 24.3 Å². The van der Waals surface area contributed by atoms with Gasteiger partial charge in [-0.05, 0) is 25.1 Å². The monoisotopic (exact) mass is 194 g/mol. The lowest BCUT2D eigenvalue weighted by Crippen LogP contribution is -2.33. The Morgan fingerprint density at radius 2 is 2.21 bits per heavy atom. The van der Waals surface area contributed by atoms with Gasteiger partial charge < -0.3 is 10.2 Å². The lowest BCUT2D eigenvalue weighted by atomic mass is 10.2. The molecule has 2 rings (SSSR count). The Labute approximate surface area is 83.7 Å². The molecule has 0 bridgehead atoms. The zero-order valence-corrected chi connectivity index (χ0v) is 8.33. The van der Waals surface area contributed by atoms with Gasteiger partial charge >= 0.3 is 0 Å². The topological polar surface area (TPSA) is 15.3 Å². The van der Waals surface area contributed by atoms with Crippen molar-refractivity contribution >= 4 is 5.69 Å². The van der Waals surface area contributed by atoms with Crippen LogP contribution in [0.2, 0.25) is 0 Å². The van der Waals surface area contributed by atoms with Gasteiger partial charge in [-0.3, -0.25) is 0 Å². The smallest absolute Gasteiger partial charge is 0.146 e. The lowest BCUT2D eigenvalue weighted by Gasteiger charge is -2.26. The van der Waals surface area contributed by atoms with Crippen molar-refractivity contribution in [3.8, 4) is 0 Å². The molecule has 1 aromatic carbocycles. The number of rotatable bonds is 2. The van der Waals surface area contributed by atoms with E-state index in [2.05, 4.69) is 5.32 Å². The first-order valence-corrected chi connectivity index (χ1v) is 4.97. The van der Waals surface area contributed by atoms with E-state index in [0.29, 0.717) is 11.7 Å². The summed E-state index contributed by atoms with van der Waals surface area (Å²) in [6, 6.07) is 7.35. The molecule has 0 aromatic heterocycles. The Kier molecular flexibility index (Phi) is 2.68. The van der Waals surface area contributed by atoms with Gasteiger partial charge in [-0.2, -0.15) is 0 Å². The Bertz CT molecular complexity index is 308. The summed E-state index contributed by atoms with van der Waals surface area (Å²) in [5.74, 6) is -0.137. The number of nitrogens with one attached hydrogen (secondary N) is 1. The molecule has 0 aliphatic carbocycles. The minimum atomic E-state index is -0.137. The molecule has 0 radical (unpaired) electrons. The van der Waals surface area contributed by atoms with Gasteiger partial charge in [-0.15, -0.1) is 0 Å². The molecular formula is C11H15FN2. The summed E-state index contributed by atoms with van der Waals surface area (Å²) in [5.41, 5.74) is 0.696. The van der Waals surface area contributed by atoms with Crippen LogP contribution in [0.5, 0.6) is 0 Å². The maximum atomic E-state index is 13.4. The number of para-hydroxylation sites is 1. The molecular weight excluding hydrogens is 179 g/mol. The molecule has 2 nitrogen and oxygen atoms in total. The summed E-state index contributed by atoms with van der Waals surface area (Å²) in [4.78, 5) is 2.02. The highest BCUT2D eigenvalue weighted by Gasteiger charge is 2.20. The van der Waals surface area contributed by atoms with E-state index in [1.165, 1.54) is 6.07 Å². The van der Waals surface area contributed by atoms with Crippen LogP contribution in [0.4, 0.5) is 10.1 Å². The Hall–Kier alpha value is -1.09. The summed E-state index contributed by atoms with van der Waals surface area (Å²) >= 11 is 0. The average molecular weight is 194 g/mol. The van der Waals surface area contributed by atoms with Gasteiger partial charge in [0.05, 0.1) is 5.69 Å². The number of hydrogen-bond acceptors (Lipinski definition) is 2. The fourth-order valence-corrected chi connectivity index (χ4v) is 1.90. The molecule has 0 amide bonds. The summed E-state index contributed by atoms with van der Waals surface area (Å²) in [7, 11) is 1.95. The van der Waals surface area contributed by atoms with E-state index in [4.69, 9.17) is 0 Å². The molecule has 3 heteroatoms. The molecule has 1 atom stereocenters. The molecule has 1 N–H and O–H groups in total. The zero-order chi connectivity index (χ0) is 9.97. The minimum Gasteiger partial charge on any atom is -0.368 e. The maximum absolute atomic E-state index is 13.4. The first-order chi connectivity index (χ1) is 6.79. The molecule has 1 fully saturated rings. The Morgan fingerprint density at radius 1 is 1.43 bits per heavy atom. The number of benzene rings is 1. The van der Waals surface area contributed by atoms with E-state index >= 15 is 0 Å². The standard InChI is InChI=1S/C11H15FN2/c1-14(9-6-7-13-8-9)11-5-3-2-4-10(11)12/h2-5,9,13H,6-8H2,1H3. The van der Waals surface area contributed by atoms with Crippen LogP contribution in [-0.4, -0.2) is 26.2 Å². The van der Waals surface area contributed by atoms with Gasteiger partial charge in [0, 0.05) is 19.6 Å². The maximum Gasteiger partial charge on any atom is 0.146 e. The van der Waals surface area contributed by atoms with Crippen LogP contribution in [0.1, 0.15) is 6.42 Å². The highest BCUT2D eigenvalue weighted by Crippen LogP contribution is 2.21. The van der Waals surface area contributed by atoms with Gasteiger partial charge in [0.2, 0.25) is 0 Å². The fraction of sp³-hybridized carbons (Fsp3) is 0.455. The van der Waals surface area contributed by atoms with Crippen molar-refractivity contribution < 1.29 is 4.39 Å². The number of anilines is 1. The van der Waals surface area contributed by atoms with E-state index in [1.807, 2.05) is 24.1 Å². The highest BCUT2D eigenvalue weighted by molar-refractivity contribution is 5.48. The SMILES string of the molecule is CN(c1ccccc1F)C1CCNC1. The van der Waals surface area contributed by atoms with Gasteiger partial charge in [-0.1, -0.05) is 12.1 Å². The second-order valence-corrected chi connectivity index (χ2v) is 3.71. The fourth-order valence-electron chi connectivity index (χ4n) is 1.90. The first-order valence-electron chi connectivity index (χ1n) is 4.97. The van der Waals surface area contributed by atoms with Crippen LogP contribution in [0.3, 0.4) is 0 Å². The van der Waals surface area contributed by atoms with Gasteiger partial charge in [0.25, 0.3) is 0 Å². The summed E-state index contributed by atoms with van der Waals surface area (Å²) < 4.78 is 13.4. The quantitative estimate of drug-likeness (QED) is 0.769. The van der Waals surface area contributed by atoms with Crippen LogP contribution >= 0.6 is 0 Å². The van der Waals surface area contributed by atoms with Gasteiger partial charge in [0.15, 0.2) is 0 Å². The van der Waals surface area contributed by atoms with Crippen molar-refractivity contribution in [2.75, 3.05) is 25.0 Å². The van der Waals surface area contributed by atoms with E-state index in [1.54, 1.807) is 6.07 Å². The Morgan fingerprint density at radius 3 is 2.86 bits per heavy atom. The predicted octanol–water partition coefficient (Wildman–Crippen LogP) is 1.62. The third-order valence-corrected chi connectivity index (χ3v) is 2.81. The van der Waals surface area contributed by atoms with Crippen molar-refractivity contribution in [1.82, 2.24) is 5.32 Å². The van der Waals surface area contributed by atoms with Crippen LogP contribution < -0.4 is 10.2 Å². The first kappa shape index (κ1) is 9.46. The molecule has 1 heterocycles. The summed E-state index contributed by atoms with van der Waals surface area (Å²) in [6.07, 6.45) is 1.09. The largest absolute Gasteiger partial charge is 0.368 e. The highest BCUT2D eigenvalue weighted by atomic mass is 19.1. The van der Waals surface area contributed by atoms with E-state index < -0.39 is 0 Å². The number of hydrogen-bond donors (Lipinski definition) is 1. The third kappa shape index (κ3) is 1.73. The number of nitrogens with zero attached hydrogens (tertiary/aromatic N) is 1. The van der Waals surface area contributed by atoms with Crippen LogP contribution in [0, 0.1) is 5.82 Å². The molecule has 1 aliphatic rings. The summed E-state index contributed by atoms with van der Waals surface area (Å²) in [5, 5.41) is 3.28. The molecule has 76 valence electrons. The van der Waals surface area contributed by atoms with Crippen molar-refractivity contribution in [3.63, 3.8) is 0 Å². The Balaban J connectivity index is 2.17. The van der Waals surface area contributed by atoms with Crippen molar-refractivity contribution in [2.24, 2.45) is 0 Å². The minimum absolute atomic E-state index is 0.137. The molecule has 14 heavy (non-hydrogen) atoms. The molecule has 0 spiro atoms. The second kappa shape index (κ2) is 3.96. The van der Waals surface area contributed by atoms with E-state index in [0.717, 1.165) is 19.5 Å². The molecule has 1 unspecified atom stereocenters. The van der Waals surface area contributed by atoms with E-state index in [-0.39, 0.29) is 5.82 Å². The lowest BCUT2D eigenvalue weighted by molar-refractivity contribution is 0.604. The van der Waals surface area contributed by atoms with Crippen molar-refractivity contribution in [1.29, 1.82) is 0 Å². The van der Waals surface area contributed by atoms with Crippen molar-refractivity contribution in [3.05, 3.63) is 30.1 Å². The van der Waals surface area contributed by atoms with Crippen LogP contribution in [-0.2, 0) is 0 Å². The normalized spacial score (nSPS) is 21.1. The average Bonchev–Trinajstić information content (AvgIpc) is 2.70. The third-order valence-electron chi connectivity index (χ3n) is 2.81. The summed E-state index contributed by atoms with van der Waals surface area (Å²) in [6.45, 7) is 1.98. The predicted molar refractivity (Wildman–Crippen MR) is 56.1 cm³/mol. The molecule has 1 aliphatic heterocycles. The number of halogens is 1. The van der Waals surface area contributed by atoms with E-state index in [9.17, 15) is 4.39 Å². The molecule has 1 saturated heterocycles. The van der Waals surface area contributed by atoms with Crippen molar-refractivity contribution in [2.45, 2.75) is 12.5 Å². The van der Waals surface area contributed by atoms with Gasteiger partial charge in [-0.25, -0.2) is 4.39 Å². The van der Waals surface area contributed by atoms with Gasteiger partial charge in [0.1, 0.15) is 5.82 Å². The number of likely N-dealkylation sites (N-methyl/N-ethyl adjacent to an activating group) is 1. The molecule has 1 aromatic rings. The van der Waals surface area contributed by atoms with Crippen LogP contribution in [0.25, 0.3) is 0 Å². The zero-order valence-electron chi connectivity index (χ0n) is 8.33.